The van der Waals surface area contributed by atoms with E-state index in [9.17, 15) is 4.79 Å². The normalized spacial score (nSPS) is 11.6. The zero-order valence-corrected chi connectivity index (χ0v) is 8.54. The molecule has 1 aromatic heterocycles. The molecule has 0 bridgehead atoms. The van der Waals surface area contributed by atoms with Crippen molar-refractivity contribution >= 4 is 5.91 Å². The Morgan fingerprint density at radius 2 is 2.36 bits per heavy atom. The average molecular weight is 196 g/mol. The molecule has 0 aromatic carbocycles. The number of hydrogen-bond acceptors (Lipinski definition) is 3. The third kappa shape index (κ3) is 2.88. The van der Waals surface area contributed by atoms with Gasteiger partial charge in [-0.15, -0.1) is 0 Å². The Balaban J connectivity index is 2.31. The first kappa shape index (κ1) is 10.8. The Bertz CT molecular complexity index is 291. The van der Waals surface area contributed by atoms with Gasteiger partial charge in [-0.2, -0.15) is 0 Å². The largest absolute Gasteiger partial charge is 0.472 e. The summed E-state index contributed by atoms with van der Waals surface area (Å²) in [4.78, 5) is 11.0. The first-order chi connectivity index (χ1) is 6.52. The fourth-order valence-electron chi connectivity index (χ4n) is 1.000. The molecular weight excluding hydrogens is 180 g/mol. The zero-order valence-electron chi connectivity index (χ0n) is 8.54. The smallest absolute Gasteiger partial charge is 0.224 e. The molecule has 4 nitrogen and oxygen atoms in total. The number of amides is 1. The minimum atomic E-state index is -0.510. The van der Waals surface area contributed by atoms with Crippen LogP contribution in [0.15, 0.2) is 23.0 Å². The summed E-state index contributed by atoms with van der Waals surface area (Å²) in [5, 5.41) is 3.15. The summed E-state index contributed by atoms with van der Waals surface area (Å²) in [6, 6.07) is 1.88. The average Bonchev–Trinajstić information content (AvgIpc) is 2.56. The highest BCUT2D eigenvalue weighted by Gasteiger charge is 2.23. The molecule has 0 radical (unpaired) electrons. The summed E-state index contributed by atoms with van der Waals surface area (Å²) in [7, 11) is 0. The molecule has 78 valence electrons. The Hall–Kier alpha value is -1.29. The van der Waals surface area contributed by atoms with E-state index in [4.69, 9.17) is 10.2 Å². The number of nitrogens with two attached hydrogens (primary N) is 1. The van der Waals surface area contributed by atoms with E-state index in [0.29, 0.717) is 13.1 Å². The fourth-order valence-corrected chi connectivity index (χ4v) is 1.000. The molecule has 1 heterocycles. The third-order valence-corrected chi connectivity index (χ3v) is 2.14. The van der Waals surface area contributed by atoms with Gasteiger partial charge in [0.05, 0.1) is 17.9 Å². The van der Waals surface area contributed by atoms with Crippen LogP contribution < -0.4 is 11.1 Å². The van der Waals surface area contributed by atoms with Crippen LogP contribution in [-0.4, -0.2) is 12.5 Å². The Morgan fingerprint density at radius 1 is 1.64 bits per heavy atom. The lowest BCUT2D eigenvalue weighted by Crippen LogP contribution is -2.40. The van der Waals surface area contributed by atoms with Gasteiger partial charge in [0.2, 0.25) is 5.91 Å². The minimum absolute atomic E-state index is 0.294. The second-order valence-corrected chi connectivity index (χ2v) is 3.98. The van der Waals surface area contributed by atoms with Crippen molar-refractivity contribution in [3.05, 3.63) is 24.2 Å². The summed E-state index contributed by atoms with van der Waals surface area (Å²) >= 11 is 0. The third-order valence-electron chi connectivity index (χ3n) is 2.14. The first-order valence-electron chi connectivity index (χ1n) is 4.54. The summed E-state index contributed by atoms with van der Waals surface area (Å²) in [6.45, 7) is 4.89. The van der Waals surface area contributed by atoms with E-state index in [-0.39, 0.29) is 5.91 Å². The lowest BCUT2D eigenvalue weighted by molar-refractivity contribution is -0.125. The molecule has 0 spiro atoms. The van der Waals surface area contributed by atoms with Crippen LogP contribution in [0, 0.1) is 5.41 Å². The molecular formula is C10H16N2O2. The highest BCUT2D eigenvalue weighted by Crippen LogP contribution is 2.12. The van der Waals surface area contributed by atoms with Gasteiger partial charge in [-0.1, -0.05) is 0 Å². The quantitative estimate of drug-likeness (QED) is 0.734. The number of nitrogens with one attached hydrogen (secondary N) is 1. The van der Waals surface area contributed by atoms with Crippen LogP contribution in [0.5, 0.6) is 0 Å². The molecule has 0 aliphatic carbocycles. The summed E-state index contributed by atoms with van der Waals surface area (Å²) in [6.07, 6.45) is 3.29. The van der Waals surface area contributed by atoms with Crippen molar-refractivity contribution in [2.45, 2.75) is 20.4 Å². The Morgan fingerprint density at radius 3 is 2.86 bits per heavy atom. The summed E-state index contributed by atoms with van der Waals surface area (Å²) < 4.78 is 4.91. The van der Waals surface area contributed by atoms with E-state index in [1.54, 1.807) is 12.5 Å². The molecule has 14 heavy (non-hydrogen) atoms. The molecule has 1 rings (SSSR count). The number of furan rings is 1. The van der Waals surface area contributed by atoms with Gasteiger partial charge in [0.1, 0.15) is 0 Å². The standard InChI is InChI=1S/C10H16N2O2/c1-10(2,9(11)13)7-12-5-8-3-4-14-6-8/h3-4,6,12H,5,7H2,1-2H3,(H2,11,13). The molecule has 0 unspecified atom stereocenters. The van der Waals surface area contributed by atoms with Gasteiger partial charge < -0.3 is 15.5 Å². The molecule has 0 atom stereocenters. The molecule has 4 heteroatoms. The van der Waals surface area contributed by atoms with E-state index in [0.717, 1.165) is 5.56 Å². The van der Waals surface area contributed by atoms with Gasteiger partial charge in [0.25, 0.3) is 0 Å². The van der Waals surface area contributed by atoms with Crippen LogP contribution in [0.3, 0.4) is 0 Å². The van der Waals surface area contributed by atoms with Crippen molar-refractivity contribution in [2.24, 2.45) is 11.1 Å². The van der Waals surface area contributed by atoms with Gasteiger partial charge >= 0.3 is 0 Å². The van der Waals surface area contributed by atoms with Gasteiger partial charge in [0.15, 0.2) is 0 Å². The number of rotatable bonds is 5. The maximum absolute atomic E-state index is 11.0. The van der Waals surface area contributed by atoms with Crippen molar-refractivity contribution in [3.63, 3.8) is 0 Å². The van der Waals surface area contributed by atoms with Crippen molar-refractivity contribution in [1.82, 2.24) is 5.32 Å². The van der Waals surface area contributed by atoms with Gasteiger partial charge in [0, 0.05) is 18.7 Å². The first-order valence-corrected chi connectivity index (χ1v) is 4.54. The van der Waals surface area contributed by atoms with Gasteiger partial charge in [-0.3, -0.25) is 4.79 Å². The predicted molar refractivity (Wildman–Crippen MR) is 53.4 cm³/mol. The Labute approximate surface area is 83.5 Å². The molecule has 0 fully saturated rings. The molecule has 0 aliphatic heterocycles. The van der Waals surface area contributed by atoms with Crippen LogP contribution in [0.25, 0.3) is 0 Å². The minimum Gasteiger partial charge on any atom is -0.472 e. The maximum Gasteiger partial charge on any atom is 0.224 e. The van der Waals surface area contributed by atoms with E-state index < -0.39 is 5.41 Å². The number of hydrogen-bond donors (Lipinski definition) is 2. The fraction of sp³-hybridized carbons (Fsp3) is 0.500. The van der Waals surface area contributed by atoms with Crippen LogP contribution in [0.2, 0.25) is 0 Å². The maximum atomic E-state index is 11.0. The SMILES string of the molecule is CC(C)(CNCc1ccoc1)C(N)=O. The molecule has 0 saturated heterocycles. The number of primary amides is 1. The van der Waals surface area contributed by atoms with Crippen LogP contribution in [0.4, 0.5) is 0 Å². The van der Waals surface area contributed by atoms with Crippen molar-refractivity contribution in [1.29, 1.82) is 0 Å². The second-order valence-electron chi connectivity index (χ2n) is 3.98. The van der Waals surface area contributed by atoms with Crippen LogP contribution in [0.1, 0.15) is 19.4 Å². The monoisotopic (exact) mass is 196 g/mol. The van der Waals surface area contributed by atoms with E-state index in [2.05, 4.69) is 5.32 Å². The lowest BCUT2D eigenvalue weighted by atomic mass is 9.93. The molecule has 0 saturated carbocycles. The van der Waals surface area contributed by atoms with Crippen LogP contribution >= 0.6 is 0 Å². The Kier molecular flexibility index (Phi) is 3.30. The number of carbonyl (C=O) groups excluding carboxylic acids is 1. The van der Waals surface area contributed by atoms with Gasteiger partial charge in [-0.25, -0.2) is 0 Å². The predicted octanol–water partition coefficient (Wildman–Crippen LogP) is 0.881. The van der Waals surface area contributed by atoms with Crippen molar-refractivity contribution in [3.8, 4) is 0 Å². The van der Waals surface area contributed by atoms with Crippen molar-refractivity contribution in [2.75, 3.05) is 6.54 Å². The molecule has 0 aliphatic rings. The van der Waals surface area contributed by atoms with E-state index >= 15 is 0 Å². The summed E-state index contributed by atoms with van der Waals surface area (Å²) in [5.74, 6) is -0.294. The molecule has 1 amide bonds. The summed E-state index contributed by atoms with van der Waals surface area (Å²) in [5.41, 5.74) is 5.78. The number of carbonyl (C=O) groups is 1. The van der Waals surface area contributed by atoms with Crippen LogP contribution in [-0.2, 0) is 11.3 Å². The second kappa shape index (κ2) is 4.28. The van der Waals surface area contributed by atoms with Gasteiger partial charge in [-0.05, 0) is 19.9 Å². The zero-order chi connectivity index (χ0) is 10.6. The molecule has 3 N–H and O–H groups in total. The van der Waals surface area contributed by atoms with Crippen molar-refractivity contribution < 1.29 is 9.21 Å². The molecule has 1 aromatic rings. The highest BCUT2D eigenvalue weighted by molar-refractivity contribution is 5.80. The van der Waals surface area contributed by atoms with E-state index in [1.165, 1.54) is 0 Å². The topological polar surface area (TPSA) is 68.3 Å². The highest BCUT2D eigenvalue weighted by atomic mass is 16.3. The lowest BCUT2D eigenvalue weighted by Gasteiger charge is -2.20. The van der Waals surface area contributed by atoms with E-state index in [1.807, 2.05) is 19.9 Å².